The summed E-state index contributed by atoms with van der Waals surface area (Å²) in [7, 11) is 1.97. The summed E-state index contributed by atoms with van der Waals surface area (Å²) in [6.07, 6.45) is 2.27. The molecule has 0 aliphatic carbocycles. The number of aliphatic carboxylic acids is 1. The fraction of sp³-hybridized carbons (Fsp3) is 0.857. The van der Waals surface area contributed by atoms with Crippen molar-refractivity contribution in [3.05, 3.63) is 0 Å². The Balaban J connectivity index is 2.33. The molecule has 0 aromatic rings. The number of carboxylic acids is 1. The Morgan fingerprint density at radius 3 is 2.42 bits per heavy atom. The molecule has 0 aromatic heterocycles. The molecule has 1 aliphatic heterocycles. The van der Waals surface area contributed by atoms with Crippen LogP contribution >= 0.6 is 0 Å². The van der Waals surface area contributed by atoms with Crippen molar-refractivity contribution in [2.24, 2.45) is 11.8 Å². The average molecular weight is 270 g/mol. The summed E-state index contributed by atoms with van der Waals surface area (Å²) >= 11 is 0. The van der Waals surface area contributed by atoms with Crippen molar-refractivity contribution in [1.82, 2.24) is 9.80 Å². The van der Waals surface area contributed by atoms with Crippen LogP contribution in [-0.4, -0.2) is 60.0 Å². The van der Waals surface area contributed by atoms with Crippen molar-refractivity contribution in [2.75, 3.05) is 33.2 Å². The largest absolute Gasteiger partial charge is 0.481 e. The molecule has 1 aliphatic rings. The Morgan fingerprint density at radius 2 is 1.95 bits per heavy atom. The normalized spacial score (nSPS) is 18.6. The number of nitrogens with zero attached hydrogens (tertiary/aromatic N) is 2. The van der Waals surface area contributed by atoms with Crippen LogP contribution in [0.2, 0.25) is 0 Å². The summed E-state index contributed by atoms with van der Waals surface area (Å²) in [4.78, 5) is 26.8. The van der Waals surface area contributed by atoms with Gasteiger partial charge in [0.05, 0.1) is 12.5 Å². The first-order chi connectivity index (χ1) is 8.93. The standard InChI is InChI=1S/C14H26N2O3/c1-4-11(2)9-15(3)10-13(17)16-7-5-12(6-8-16)14(18)19/h11-12H,4-10H2,1-3H3,(H,18,19). The predicted octanol–water partition coefficient (Wildman–Crippen LogP) is 1.29. The van der Waals surface area contributed by atoms with Gasteiger partial charge in [0.25, 0.3) is 0 Å². The molecule has 0 aromatic carbocycles. The highest BCUT2D eigenvalue weighted by atomic mass is 16.4. The van der Waals surface area contributed by atoms with Gasteiger partial charge in [0.15, 0.2) is 0 Å². The first-order valence-electron chi connectivity index (χ1n) is 7.13. The van der Waals surface area contributed by atoms with Gasteiger partial charge < -0.3 is 10.0 Å². The zero-order valence-corrected chi connectivity index (χ0v) is 12.3. The summed E-state index contributed by atoms with van der Waals surface area (Å²) in [5.41, 5.74) is 0. The van der Waals surface area contributed by atoms with Gasteiger partial charge in [-0.15, -0.1) is 0 Å². The van der Waals surface area contributed by atoms with E-state index in [1.807, 2.05) is 7.05 Å². The van der Waals surface area contributed by atoms with E-state index in [-0.39, 0.29) is 11.8 Å². The van der Waals surface area contributed by atoms with Crippen LogP contribution in [0.3, 0.4) is 0 Å². The van der Waals surface area contributed by atoms with Crippen molar-refractivity contribution in [3.63, 3.8) is 0 Å². The Morgan fingerprint density at radius 1 is 1.37 bits per heavy atom. The van der Waals surface area contributed by atoms with Crippen LogP contribution in [0, 0.1) is 11.8 Å². The number of carboxylic acid groups (broad SMARTS) is 1. The minimum Gasteiger partial charge on any atom is -0.481 e. The maximum Gasteiger partial charge on any atom is 0.306 e. The fourth-order valence-corrected chi connectivity index (χ4v) is 2.43. The molecule has 1 amide bonds. The van der Waals surface area contributed by atoms with Gasteiger partial charge in [-0.2, -0.15) is 0 Å². The molecule has 0 spiro atoms. The lowest BCUT2D eigenvalue weighted by Gasteiger charge is -2.31. The van der Waals surface area contributed by atoms with Crippen LogP contribution in [0.5, 0.6) is 0 Å². The first kappa shape index (κ1) is 16.0. The number of likely N-dealkylation sites (tertiary alicyclic amines) is 1. The summed E-state index contributed by atoms with van der Waals surface area (Å²) in [6.45, 7) is 6.84. The first-order valence-corrected chi connectivity index (χ1v) is 7.13. The van der Waals surface area contributed by atoms with Crippen LogP contribution in [0.25, 0.3) is 0 Å². The number of hydrogen-bond acceptors (Lipinski definition) is 3. The Labute approximate surface area is 115 Å². The van der Waals surface area contributed by atoms with Crippen molar-refractivity contribution in [1.29, 1.82) is 0 Å². The van der Waals surface area contributed by atoms with Gasteiger partial charge in [-0.1, -0.05) is 20.3 Å². The molecule has 0 radical (unpaired) electrons. The van der Waals surface area contributed by atoms with E-state index in [1.54, 1.807) is 4.90 Å². The molecule has 0 saturated carbocycles. The quantitative estimate of drug-likeness (QED) is 0.790. The summed E-state index contributed by atoms with van der Waals surface area (Å²) in [5, 5.41) is 8.92. The third-order valence-corrected chi connectivity index (χ3v) is 3.92. The van der Waals surface area contributed by atoms with E-state index < -0.39 is 5.97 Å². The number of carbonyl (C=O) groups excluding carboxylic acids is 1. The molecule has 1 atom stereocenters. The lowest BCUT2D eigenvalue weighted by Crippen LogP contribution is -2.45. The number of amides is 1. The third-order valence-electron chi connectivity index (χ3n) is 3.92. The number of carbonyl (C=O) groups is 2. The van der Waals surface area contributed by atoms with E-state index in [1.165, 1.54) is 0 Å². The second-order valence-electron chi connectivity index (χ2n) is 5.70. The minimum absolute atomic E-state index is 0.120. The molecule has 1 fully saturated rings. The van der Waals surface area contributed by atoms with Crippen LogP contribution in [0.15, 0.2) is 0 Å². The average Bonchev–Trinajstić information content (AvgIpc) is 2.38. The van der Waals surface area contributed by atoms with Crippen LogP contribution in [-0.2, 0) is 9.59 Å². The topological polar surface area (TPSA) is 60.9 Å². The summed E-state index contributed by atoms with van der Waals surface area (Å²) in [6, 6.07) is 0. The maximum atomic E-state index is 12.1. The van der Waals surface area contributed by atoms with Gasteiger partial charge in [0.2, 0.25) is 5.91 Å². The Hall–Kier alpha value is -1.10. The monoisotopic (exact) mass is 270 g/mol. The Bertz CT molecular complexity index is 312. The highest BCUT2D eigenvalue weighted by Gasteiger charge is 2.27. The zero-order chi connectivity index (χ0) is 14.4. The van der Waals surface area contributed by atoms with Crippen molar-refractivity contribution in [2.45, 2.75) is 33.1 Å². The molecular weight excluding hydrogens is 244 g/mol. The number of rotatable bonds is 6. The molecule has 1 N–H and O–H groups in total. The van der Waals surface area contributed by atoms with Crippen molar-refractivity contribution < 1.29 is 14.7 Å². The molecule has 110 valence electrons. The molecule has 19 heavy (non-hydrogen) atoms. The molecule has 1 unspecified atom stereocenters. The molecule has 1 saturated heterocycles. The van der Waals surface area contributed by atoms with E-state index in [0.717, 1.165) is 13.0 Å². The van der Waals surface area contributed by atoms with Crippen LogP contribution < -0.4 is 0 Å². The molecule has 1 heterocycles. The highest BCUT2D eigenvalue weighted by Crippen LogP contribution is 2.17. The van der Waals surface area contributed by atoms with E-state index in [9.17, 15) is 9.59 Å². The molecular formula is C14H26N2O3. The van der Waals surface area contributed by atoms with Gasteiger partial charge >= 0.3 is 5.97 Å². The molecule has 5 heteroatoms. The van der Waals surface area contributed by atoms with E-state index in [2.05, 4.69) is 18.7 Å². The lowest BCUT2D eigenvalue weighted by molar-refractivity contribution is -0.145. The highest BCUT2D eigenvalue weighted by molar-refractivity contribution is 5.78. The van der Waals surface area contributed by atoms with Gasteiger partial charge in [0.1, 0.15) is 0 Å². The van der Waals surface area contributed by atoms with E-state index in [4.69, 9.17) is 5.11 Å². The minimum atomic E-state index is -0.735. The van der Waals surface area contributed by atoms with Gasteiger partial charge in [0, 0.05) is 19.6 Å². The number of piperidine rings is 1. The van der Waals surface area contributed by atoms with E-state index in [0.29, 0.717) is 38.4 Å². The summed E-state index contributed by atoms with van der Waals surface area (Å²) < 4.78 is 0. The van der Waals surface area contributed by atoms with Crippen LogP contribution in [0.1, 0.15) is 33.1 Å². The molecule has 5 nitrogen and oxygen atoms in total. The van der Waals surface area contributed by atoms with Crippen LogP contribution in [0.4, 0.5) is 0 Å². The predicted molar refractivity (Wildman–Crippen MR) is 73.9 cm³/mol. The van der Waals surface area contributed by atoms with Crippen molar-refractivity contribution in [3.8, 4) is 0 Å². The van der Waals surface area contributed by atoms with Gasteiger partial charge in [-0.25, -0.2) is 0 Å². The molecule has 1 rings (SSSR count). The Kier molecular flexibility index (Phi) is 6.28. The number of hydrogen-bond donors (Lipinski definition) is 1. The second-order valence-corrected chi connectivity index (χ2v) is 5.70. The second kappa shape index (κ2) is 7.48. The third kappa shape index (κ3) is 5.19. The smallest absolute Gasteiger partial charge is 0.306 e. The van der Waals surface area contributed by atoms with Crippen molar-refractivity contribution >= 4 is 11.9 Å². The van der Waals surface area contributed by atoms with E-state index >= 15 is 0 Å². The SMILES string of the molecule is CCC(C)CN(C)CC(=O)N1CCC(C(=O)O)CC1. The fourth-order valence-electron chi connectivity index (χ4n) is 2.43. The summed E-state index contributed by atoms with van der Waals surface area (Å²) in [5.74, 6) is -0.298. The maximum absolute atomic E-state index is 12.1. The molecule has 0 bridgehead atoms. The van der Waals surface area contributed by atoms with Gasteiger partial charge in [-0.3, -0.25) is 14.5 Å². The van der Waals surface area contributed by atoms with Gasteiger partial charge in [-0.05, 0) is 25.8 Å². The number of likely N-dealkylation sites (N-methyl/N-ethyl adjacent to an activating group) is 1. The lowest BCUT2D eigenvalue weighted by atomic mass is 9.97. The zero-order valence-electron chi connectivity index (χ0n) is 12.3.